The number of rotatable bonds is 5. The highest BCUT2D eigenvalue weighted by Gasteiger charge is 2.17. The van der Waals surface area contributed by atoms with Gasteiger partial charge in [-0.3, -0.25) is 9.59 Å². The number of aromatic nitrogens is 3. The van der Waals surface area contributed by atoms with Gasteiger partial charge in [0, 0.05) is 25.4 Å². The van der Waals surface area contributed by atoms with Crippen LogP contribution >= 0.6 is 0 Å². The molecule has 0 spiro atoms. The van der Waals surface area contributed by atoms with Gasteiger partial charge in [0.1, 0.15) is 12.1 Å². The summed E-state index contributed by atoms with van der Waals surface area (Å²) < 4.78 is 0.928. The topological polar surface area (TPSA) is 91.0 Å². The van der Waals surface area contributed by atoms with Gasteiger partial charge in [0.15, 0.2) is 0 Å². The first kappa shape index (κ1) is 18.5. The van der Waals surface area contributed by atoms with Crippen molar-refractivity contribution in [3.63, 3.8) is 0 Å². The zero-order valence-corrected chi connectivity index (χ0v) is 15.9. The molecule has 0 saturated carbocycles. The maximum Gasteiger partial charge on any atom is 0.329 e. The second kappa shape index (κ2) is 7.63. The van der Waals surface area contributed by atoms with Gasteiger partial charge >= 0.3 is 5.69 Å². The number of aromatic amines is 2. The van der Waals surface area contributed by atoms with E-state index in [0.717, 1.165) is 21.3 Å². The molecule has 7 nitrogen and oxygen atoms in total. The van der Waals surface area contributed by atoms with Crippen molar-refractivity contribution in [2.45, 2.75) is 13.1 Å². The summed E-state index contributed by atoms with van der Waals surface area (Å²) in [6.45, 7) is 0.0718. The first-order chi connectivity index (χ1) is 14.0. The number of hydrogen-bond donors (Lipinski definition) is 2. The Morgan fingerprint density at radius 1 is 0.966 bits per heavy atom. The van der Waals surface area contributed by atoms with Crippen molar-refractivity contribution < 1.29 is 4.79 Å². The highest BCUT2D eigenvalue weighted by atomic mass is 16.2. The van der Waals surface area contributed by atoms with E-state index in [1.165, 1.54) is 4.90 Å². The van der Waals surface area contributed by atoms with Crippen LogP contribution in [0.2, 0.25) is 0 Å². The zero-order chi connectivity index (χ0) is 20.4. The third-order valence-electron chi connectivity index (χ3n) is 4.88. The quantitative estimate of drug-likeness (QED) is 0.550. The zero-order valence-electron chi connectivity index (χ0n) is 15.9. The normalized spacial score (nSPS) is 10.9. The number of hydrogen-bond acceptors (Lipinski definition) is 3. The Labute approximate surface area is 166 Å². The van der Waals surface area contributed by atoms with Gasteiger partial charge in [0.25, 0.3) is 5.56 Å². The fraction of sp³-hybridized carbons (Fsp3) is 0.136. The Kier molecular flexibility index (Phi) is 4.87. The van der Waals surface area contributed by atoms with Crippen molar-refractivity contribution in [1.82, 2.24) is 19.4 Å². The Balaban J connectivity index is 1.64. The number of carbonyl (C=O) groups is 1. The van der Waals surface area contributed by atoms with Crippen molar-refractivity contribution in [3.05, 3.63) is 93.3 Å². The molecule has 0 atom stereocenters. The van der Waals surface area contributed by atoms with Gasteiger partial charge in [-0.25, -0.2) is 9.36 Å². The molecule has 7 heteroatoms. The van der Waals surface area contributed by atoms with Crippen LogP contribution in [0, 0.1) is 0 Å². The molecule has 4 aromatic rings. The molecule has 0 saturated heterocycles. The van der Waals surface area contributed by atoms with Gasteiger partial charge in [0.2, 0.25) is 5.91 Å². The van der Waals surface area contributed by atoms with Crippen molar-refractivity contribution in [2.24, 2.45) is 0 Å². The van der Waals surface area contributed by atoms with E-state index < -0.39 is 11.2 Å². The summed E-state index contributed by atoms with van der Waals surface area (Å²) in [5, 5.41) is 0. The molecular formula is C22H20N4O3. The summed E-state index contributed by atoms with van der Waals surface area (Å²) in [6.07, 6.45) is 1.69. The van der Waals surface area contributed by atoms with Crippen molar-refractivity contribution in [2.75, 3.05) is 7.05 Å². The molecule has 4 rings (SSSR count). The third kappa shape index (κ3) is 3.62. The largest absolute Gasteiger partial charge is 0.355 e. The average molecular weight is 388 g/mol. The molecule has 0 aliphatic heterocycles. The fourth-order valence-electron chi connectivity index (χ4n) is 3.31. The second-order valence-electron chi connectivity index (χ2n) is 6.88. The summed E-state index contributed by atoms with van der Waals surface area (Å²) in [4.78, 5) is 45.2. The minimum atomic E-state index is -0.610. The molecule has 1 amide bonds. The Morgan fingerprint density at radius 2 is 1.62 bits per heavy atom. The SMILES string of the molecule is CN(Cc1ccccc1)C(=O)Cn1c(=O)[nH]c2c(-c3ccccc3)c[nH]c2c1=O. The number of likely N-dealkylation sites (N-methyl/N-ethyl adjacent to an activating group) is 1. The van der Waals surface area contributed by atoms with Crippen LogP contribution < -0.4 is 11.2 Å². The number of nitrogens with zero attached hydrogens (tertiary/aromatic N) is 2. The van der Waals surface area contributed by atoms with E-state index in [-0.39, 0.29) is 18.0 Å². The average Bonchev–Trinajstić information content (AvgIpc) is 3.16. The van der Waals surface area contributed by atoms with Crippen LogP contribution in [0.4, 0.5) is 0 Å². The Hall–Kier alpha value is -3.87. The molecule has 2 heterocycles. The first-order valence-corrected chi connectivity index (χ1v) is 9.22. The van der Waals surface area contributed by atoms with E-state index in [4.69, 9.17) is 0 Å². The summed E-state index contributed by atoms with van der Waals surface area (Å²) in [5.74, 6) is -0.323. The lowest BCUT2D eigenvalue weighted by Crippen LogP contribution is -2.41. The summed E-state index contributed by atoms with van der Waals surface area (Å²) >= 11 is 0. The third-order valence-corrected chi connectivity index (χ3v) is 4.88. The van der Waals surface area contributed by atoms with Gasteiger partial charge in [-0.05, 0) is 11.1 Å². The molecule has 29 heavy (non-hydrogen) atoms. The maximum atomic E-state index is 12.9. The lowest BCUT2D eigenvalue weighted by atomic mass is 10.1. The molecule has 2 aromatic carbocycles. The number of amides is 1. The van der Waals surface area contributed by atoms with Crippen LogP contribution in [0.3, 0.4) is 0 Å². The number of benzene rings is 2. The molecule has 0 aliphatic rings. The van der Waals surface area contributed by atoms with E-state index in [1.54, 1.807) is 13.2 Å². The van der Waals surface area contributed by atoms with Gasteiger partial charge in [-0.2, -0.15) is 0 Å². The van der Waals surface area contributed by atoms with Gasteiger partial charge in [0.05, 0.1) is 5.52 Å². The van der Waals surface area contributed by atoms with Crippen LogP contribution in [-0.4, -0.2) is 32.4 Å². The number of H-pyrrole nitrogens is 2. The summed E-state index contributed by atoms with van der Waals surface area (Å²) in [7, 11) is 1.65. The van der Waals surface area contributed by atoms with Crippen LogP contribution in [0.25, 0.3) is 22.2 Å². The number of nitrogens with one attached hydrogen (secondary N) is 2. The van der Waals surface area contributed by atoms with Gasteiger partial charge in [-0.15, -0.1) is 0 Å². The Morgan fingerprint density at radius 3 is 2.31 bits per heavy atom. The predicted octanol–water partition coefficient (Wildman–Crippen LogP) is 2.34. The van der Waals surface area contributed by atoms with Gasteiger partial charge < -0.3 is 14.9 Å². The van der Waals surface area contributed by atoms with E-state index >= 15 is 0 Å². The number of carbonyl (C=O) groups excluding carboxylic acids is 1. The lowest BCUT2D eigenvalue weighted by molar-refractivity contribution is -0.131. The molecule has 2 N–H and O–H groups in total. The first-order valence-electron chi connectivity index (χ1n) is 9.22. The fourth-order valence-corrected chi connectivity index (χ4v) is 3.31. The van der Waals surface area contributed by atoms with Crippen LogP contribution in [0.5, 0.6) is 0 Å². The number of fused-ring (bicyclic) bond motifs is 1. The van der Waals surface area contributed by atoms with E-state index in [2.05, 4.69) is 9.97 Å². The second-order valence-corrected chi connectivity index (χ2v) is 6.88. The van der Waals surface area contributed by atoms with Crippen LogP contribution in [0.1, 0.15) is 5.56 Å². The Bertz CT molecular complexity index is 1270. The van der Waals surface area contributed by atoms with E-state index in [0.29, 0.717) is 12.1 Å². The molecule has 2 aromatic heterocycles. The molecule has 146 valence electrons. The predicted molar refractivity (Wildman–Crippen MR) is 112 cm³/mol. The van der Waals surface area contributed by atoms with Crippen molar-refractivity contribution in [3.8, 4) is 11.1 Å². The smallest absolute Gasteiger partial charge is 0.329 e. The molecule has 0 aliphatic carbocycles. The molecule has 0 unspecified atom stereocenters. The maximum absolute atomic E-state index is 12.9. The molecular weight excluding hydrogens is 368 g/mol. The molecule has 0 radical (unpaired) electrons. The minimum Gasteiger partial charge on any atom is -0.355 e. The monoisotopic (exact) mass is 388 g/mol. The van der Waals surface area contributed by atoms with E-state index in [1.807, 2.05) is 60.7 Å². The van der Waals surface area contributed by atoms with Crippen molar-refractivity contribution in [1.29, 1.82) is 0 Å². The lowest BCUT2D eigenvalue weighted by Gasteiger charge is -2.17. The van der Waals surface area contributed by atoms with Crippen molar-refractivity contribution >= 4 is 16.9 Å². The minimum absolute atomic E-state index is 0.266. The standard InChI is InChI=1S/C22H20N4O3/c1-25(13-15-8-4-2-5-9-15)18(27)14-26-21(28)20-19(24-22(26)29)17(12-23-20)16-10-6-3-7-11-16/h2-12,23H,13-14H2,1H3,(H,24,29). The van der Waals surface area contributed by atoms with Crippen LogP contribution in [0.15, 0.2) is 76.4 Å². The molecule has 0 fully saturated rings. The van der Waals surface area contributed by atoms with Crippen LogP contribution in [-0.2, 0) is 17.9 Å². The van der Waals surface area contributed by atoms with E-state index in [9.17, 15) is 14.4 Å². The highest BCUT2D eigenvalue weighted by Crippen LogP contribution is 2.24. The van der Waals surface area contributed by atoms with Gasteiger partial charge in [-0.1, -0.05) is 60.7 Å². The highest BCUT2D eigenvalue weighted by molar-refractivity contribution is 5.91. The summed E-state index contributed by atoms with van der Waals surface area (Å²) in [6, 6.07) is 19.0. The molecule has 0 bridgehead atoms. The summed E-state index contributed by atoms with van der Waals surface area (Å²) in [5.41, 5.74) is 2.15.